The molecule has 2 aromatic rings. The molecule has 1 aromatic carbocycles. The van der Waals surface area contributed by atoms with Gasteiger partial charge in [-0.1, -0.05) is 6.07 Å². The van der Waals surface area contributed by atoms with Crippen LogP contribution in [0.1, 0.15) is 43.2 Å². The van der Waals surface area contributed by atoms with Crippen LogP contribution in [0.4, 0.5) is 0 Å². The van der Waals surface area contributed by atoms with E-state index in [0.29, 0.717) is 5.92 Å². The van der Waals surface area contributed by atoms with Crippen LogP contribution in [-0.2, 0) is 5.60 Å². The minimum absolute atomic E-state index is 0.711. The largest absolute Gasteiger partial charge is 0.386 e. The fourth-order valence-corrected chi connectivity index (χ4v) is 3.00. The predicted molar refractivity (Wildman–Crippen MR) is 66.8 cm³/mol. The lowest BCUT2D eigenvalue weighted by atomic mass is 9.99. The van der Waals surface area contributed by atoms with Crippen molar-refractivity contribution >= 4 is 21.6 Å². The van der Waals surface area contributed by atoms with E-state index in [0.717, 1.165) is 11.1 Å². The van der Waals surface area contributed by atoms with Crippen LogP contribution in [0.15, 0.2) is 18.2 Å². The highest BCUT2D eigenvalue weighted by Gasteiger charge is 2.27. The Morgan fingerprint density at radius 1 is 1.38 bits per heavy atom. The van der Waals surface area contributed by atoms with E-state index in [1.807, 2.05) is 26.0 Å². The van der Waals surface area contributed by atoms with Gasteiger partial charge in [-0.3, -0.25) is 0 Å². The van der Waals surface area contributed by atoms with E-state index >= 15 is 0 Å². The quantitative estimate of drug-likeness (QED) is 0.862. The zero-order valence-electron chi connectivity index (χ0n) is 9.53. The molecule has 2 nitrogen and oxygen atoms in total. The van der Waals surface area contributed by atoms with Crippen molar-refractivity contribution in [3.63, 3.8) is 0 Å². The van der Waals surface area contributed by atoms with Gasteiger partial charge in [-0.25, -0.2) is 4.98 Å². The van der Waals surface area contributed by atoms with E-state index in [2.05, 4.69) is 11.1 Å². The minimum Gasteiger partial charge on any atom is -0.386 e. The van der Waals surface area contributed by atoms with E-state index in [1.54, 1.807) is 11.3 Å². The third-order valence-corrected chi connectivity index (χ3v) is 4.22. The van der Waals surface area contributed by atoms with Gasteiger partial charge in [0.2, 0.25) is 0 Å². The molecule has 3 heteroatoms. The molecule has 3 rings (SSSR count). The molecule has 1 aliphatic rings. The van der Waals surface area contributed by atoms with Crippen molar-refractivity contribution in [2.24, 2.45) is 0 Å². The second kappa shape index (κ2) is 3.28. The molecule has 1 N–H and O–H groups in total. The summed E-state index contributed by atoms with van der Waals surface area (Å²) in [4.78, 5) is 4.63. The van der Waals surface area contributed by atoms with Crippen molar-refractivity contribution in [3.05, 3.63) is 28.8 Å². The fourth-order valence-electron chi connectivity index (χ4n) is 1.83. The van der Waals surface area contributed by atoms with Gasteiger partial charge in [-0.2, -0.15) is 0 Å². The zero-order chi connectivity index (χ0) is 11.3. The summed E-state index contributed by atoms with van der Waals surface area (Å²) in [6.45, 7) is 3.63. The highest BCUT2D eigenvalue weighted by atomic mass is 32.1. The van der Waals surface area contributed by atoms with Gasteiger partial charge in [0.15, 0.2) is 0 Å². The predicted octanol–water partition coefficient (Wildman–Crippen LogP) is 3.40. The van der Waals surface area contributed by atoms with Gasteiger partial charge in [0.05, 0.1) is 20.8 Å². The molecule has 16 heavy (non-hydrogen) atoms. The van der Waals surface area contributed by atoms with Crippen molar-refractivity contribution < 1.29 is 5.11 Å². The lowest BCUT2D eigenvalue weighted by Crippen LogP contribution is -2.14. The lowest BCUT2D eigenvalue weighted by Gasteiger charge is -2.17. The summed E-state index contributed by atoms with van der Waals surface area (Å²) >= 11 is 1.78. The molecule has 1 saturated carbocycles. The molecular weight excluding hydrogens is 218 g/mol. The molecule has 0 amide bonds. The first kappa shape index (κ1) is 10.2. The number of aromatic nitrogens is 1. The summed E-state index contributed by atoms with van der Waals surface area (Å²) in [6, 6.07) is 6.06. The Kier molecular flexibility index (Phi) is 2.10. The average molecular weight is 233 g/mol. The first-order valence-electron chi connectivity index (χ1n) is 5.67. The number of thiazole rings is 1. The van der Waals surface area contributed by atoms with Crippen LogP contribution in [0.5, 0.6) is 0 Å². The van der Waals surface area contributed by atoms with E-state index in [1.165, 1.54) is 22.5 Å². The Morgan fingerprint density at radius 3 is 2.75 bits per heavy atom. The summed E-state index contributed by atoms with van der Waals surface area (Å²) in [5.41, 5.74) is 1.27. The molecular formula is C13H15NOS. The van der Waals surface area contributed by atoms with E-state index in [9.17, 15) is 5.11 Å². The monoisotopic (exact) mass is 233 g/mol. The standard InChI is InChI=1S/C13H15NOS/c1-13(2,15)9-5-6-10-11(7-9)16-12(14-10)8-3-4-8/h5-8,15H,3-4H2,1-2H3. The van der Waals surface area contributed by atoms with Gasteiger partial charge in [0.1, 0.15) is 0 Å². The third-order valence-electron chi connectivity index (χ3n) is 3.04. The van der Waals surface area contributed by atoms with Gasteiger partial charge < -0.3 is 5.11 Å². The maximum Gasteiger partial charge on any atom is 0.0969 e. The van der Waals surface area contributed by atoms with Crippen molar-refractivity contribution in [3.8, 4) is 0 Å². The Morgan fingerprint density at radius 2 is 2.12 bits per heavy atom. The maximum atomic E-state index is 9.96. The maximum absolute atomic E-state index is 9.96. The van der Waals surface area contributed by atoms with Crippen LogP contribution >= 0.6 is 11.3 Å². The Labute approximate surface area is 99.0 Å². The Bertz CT molecular complexity index is 534. The number of fused-ring (bicyclic) bond motifs is 1. The number of benzene rings is 1. The molecule has 1 fully saturated rings. The second-order valence-electron chi connectivity index (χ2n) is 5.07. The SMILES string of the molecule is CC(C)(O)c1ccc2nc(C3CC3)sc2c1. The van der Waals surface area contributed by atoms with Crippen LogP contribution in [0, 0.1) is 0 Å². The Balaban J connectivity index is 2.10. The molecule has 0 atom stereocenters. The molecule has 0 bridgehead atoms. The van der Waals surface area contributed by atoms with Crippen LogP contribution in [-0.4, -0.2) is 10.1 Å². The lowest BCUT2D eigenvalue weighted by molar-refractivity contribution is 0.0787. The Hall–Kier alpha value is -0.930. The summed E-state index contributed by atoms with van der Waals surface area (Å²) < 4.78 is 1.20. The van der Waals surface area contributed by atoms with E-state index in [4.69, 9.17) is 0 Å². The molecule has 0 unspecified atom stereocenters. The highest BCUT2D eigenvalue weighted by molar-refractivity contribution is 7.18. The number of hydrogen-bond donors (Lipinski definition) is 1. The minimum atomic E-state index is -0.766. The molecule has 1 heterocycles. The summed E-state index contributed by atoms with van der Waals surface area (Å²) in [7, 11) is 0. The van der Waals surface area contributed by atoms with Gasteiger partial charge in [0, 0.05) is 5.92 Å². The fraction of sp³-hybridized carbons (Fsp3) is 0.462. The smallest absolute Gasteiger partial charge is 0.0969 e. The van der Waals surface area contributed by atoms with Crippen LogP contribution in [0.3, 0.4) is 0 Å². The number of hydrogen-bond acceptors (Lipinski definition) is 3. The van der Waals surface area contributed by atoms with E-state index in [-0.39, 0.29) is 0 Å². The molecule has 0 spiro atoms. The van der Waals surface area contributed by atoms with Crippen LogP contribution in [0.2, 0.25) is 0 Å². The highest BCUT2D eigenvalue weighted by Crippen LogP contribution is 2.43. The summed E-state index contributed by atoms with van der Waals surface area (Å²) in [5.74, 6) is 0.711. The van der Waals surface area contributed by atoms with Crippen molar-refractivity contribution in [1.29, 1.82) is 0 Å². The first-order chi connectivity index (χ1) is 7.54. The van der Waals surface area contributed by atoms with Gasteiger partial charge in [-0.15, -0.1) is 11.3 Å². The van der Waals surface area contributed by atoms with Crippen molar-refractivity contribution in [1.82, 2.24) is 4.98 Å². The number of rotatable bonds is 2. The topological polar surface area (TPSA) is 33.1 Å². The van der Waals surface area contributed by atoms with E-state index < -0.39 is 5.60 Å². The average Bonchev–Trinajstić information content (AvgIpc) is 2.96. The number of nitrogens with zero attached hydrogens (tertiary/aromatic N) is 1. The first-order valence-corrected chi connectivity index (χ1v) is 6.49. The van der Waals surface area contributed by atoms with Crippen molar-refractivity contribution in [2.45, 2.75) is 38.2 Å². The van der Waals surface area contributed by atoms with Crippen molar-refractivity contribution in [2.75, 3.05) is 0 Å². The van der Waals surface area contributed by atoms with Crippen LogP contribution < -0.4 is 0 Å². The zero-order valence-corrected chi connectivity index (χ0v) is 10.3. The molecule has 0 saturated heterocycles. The summed E-state index contributed by atoms with van der Waals surface area (Å²) in [5, 5.41) is 11.2. The molecule has 0 aliphatic heterocycles. The summed E-state index contributed by atoms with van der Waals surface area (Å²) in [6.07, 6.45) is 2.58. The molecule has 0 radical (unpaired) electrons. The molecule has 84 valence electrons. The normalized spacial score (nSPS) is 16.9. The van der Waals surface area contributed by atoms with Gasteiger partial charge in [0.25, 0.3) is 0 Å². The number of aliphatic hydroxyl groups is 1. The van der Waals surface area contributed by atoms with Gasteiger partial charge >= 0.3 is 0 Å². The second-order valence-corrected chi connectivity index (χ2v) is 6.13. The third kappa shape index (κ3) is 1.74. The van der Waals surface area contributed by atoms with Gasteiger partial charge in [-0.05, 0) is 44.4 Å². The molecule has 1 aliphatic carbocycles. The van der Waals surface area contributed by atoms with Crippen LogP contribution in [0.25, 0.3) is 10.2 Å². The molecule has 1 aromatic heterocycles.